The molecule has 2 aromatic rings. The summed E-state index contributed by atoms with van der Waals surface area (Å²) in [5.41, 5.74) is 2.44. The molecule has 0 spiro atoms. The molecule has 0 saturated heterocycles. The van der Waals surface area contributed by atoms with Gasteiger partial charge in [0.25, 0.3) is 0 Å². The van der Waals surface area contributed by atoms with E-state index < -0.39 is 0 Å². The molecular formula is C21H26O3. The third-order valence-electron chi connectivity index (χ3n) is 3.84. The van der Waals surface area contributed by atoms with Gasteiger partial charge in [0.05, 0.1) is 13.2 Å². The van der Waals surface area contributed by atoms with Gasteiger partial charge in [-0.2, -0.15) is 0 Å². The maximum Gasteiger partial charge on any atom is 0.341 e. The first-order valence-electron chi connectivity index (χ1n) is 8.76. The predicted molar refractivity (Wildman–Crippen MR) is 97.5 cm³/mol. The first-order chi connectivity index (χ1) is 11.8. The minimum Gasteiger partial charge on any atom is -0.492 e. The molecule has 3 nitrogen and oxygen atoms in total. The molecular weight excluding hydrogens is 300 g/mol. The molecule has 0 aliphatic carbocycles. The van der Waals surface area contributed by atoms with Crippen LogP contribution in [0.2, 0.25) is 0 Å². The zero-order valence-corrected chi connectivity index (χ0v) is 14.6. The number of carbonyl (C=O) groups excluding carboxylic acids is 1. The molecule has 0 atom stereocenters. The highest BCUT2D eigenvalue weighted by atomic mass is 16.5. The molecule has 0 N–H and O–H groups in total. The van der Waals surface area contributed by atoms with E-state index in [0.29, 0.717) is 24.5 Å². The lowest BCUT2D eigenvalue weighted by Gasteiger charge is -2.15. The van der Waals surface area contributed by atoms with E-state index in [2.05, 4.69) is 6.92 Å². The van der Waals surface area contributed by atoms with E-state index in [1.165, 1.54) is 12.8 Å². The van der Waals surface area contributed by atoms with E-state index in [1.807, 2.05) is 49.4 Å². The van der Waals surface area contributed by atoms with Crippen LogP contribution in [0.15, 0.2) is 48.5 Å². The zero-order chi connectivity index (χ0) is 17.2. The largest absolute Gasteiger partial charge is 0.492 e. The summed E-state index contributed by atoms with van der Waals surface area (Å²) in [6.07, 6.45) is 4.33. The Bertz CT molecular complexity index is 635. The Balaban J connectivity index is 2.18. The summed E-state index contributed by atoms with van der Waals surface area (Å²) < 4.78 is 11.2. The van der Waals surface area contributed by atoms with Crippen LogP contribution >= 0.6 is 0 Å². The average molecular weight is 326 g/mol. The van der Waals surface area contributed by atoms with Crippen molar-refractivity contribution in [3.05, 3.63) is 54.1 Å². The number of esters is 1. The highest BCUT2D eigenvalue weighted by molar-refractivity contribution is 5.95. The Hall–Kier alpha value is -2.29. The maximum atomic E-state index is 12.5. The van der Waals surface area contributed by atoms with Crippen LogP contribution in [0.4, 0.5) is 0 Å². The molecule has 0 unspecified atom stereocenters. The molecule has 0 aliphatic heterocycles. The molecule has 3 heteroatoms. The van der Waals surface area contributed by atoms with E-state index in [-0.39, 0.29) is 5.97 Å². The second-order valence-electron chi connectivity index (χ2n) is 5.68. The standard InChI is InChI=1S/C21H26O3/c1-3-5-6-10-16-24-21(22)19-15-11-14-18(20(19)23-4-2)17-12-8-7-9-13-17/h7-9,11-15H,3-6,10,16H2,1-2H3. The minimum atomic E-state index is -0.312. The Morgan fingerprint density at radius 1 is 0.917 bits per heavy atom. The van der Waals surface area contributed by atoms with E-state index in [1.54, 1.807) is 6.07 Å². The maximum absolute atomic E-state index is 12.5. The Labute approximate surface area is 144 Å². The van der Waals surface area contributed by atoms with Gasteiger partial charge in [0.15, 0.2) is 0 Å². The van der Waals surface area contributed by atoms with Crippen molar-refractivity contribution in [2.45, 2.75) is 39.5 Å². The summed E-state index contributed by atoms with van der Waals surface area (Å²) in [6.45, 7) is 5.04. The smallest absolute Gasteiger partial charge is 0.341 e. The van der Waals surface area contributed by atoms with E-state index in [0.717, 1.165) is 24.0 Å². The average Bonchev–Trinajstić information content (AvgIpc) is 2.62. The Morgan fingerprint density at radius 3 is 2.42 bits per heavy atom. The number of ether oxygens (including phenoxy) is 2. The summed E-state index contributed by atoms with van der Waals surface area (Å²) >= 11 is 0. The van der Waals surface area contributed by atoms with Crippen LogP contribution < -0.4 is 4.74 Å². The summed E-state index contributed by atoms with van der Waals surface area (Å²) in [6, 6.07) is 15.6. The molecule has 2 rings (SSSR count). The molecule has 24 heavy (non-hydrogen) atoms. The van der Waals surface area contributed by atoms with Gasteiger partial charge in [-0.1, -0.05) is 68.7 Å². The molecule has 0 heterocycles. The first-order valence-corrected chi connectivity index (χ1v) is 8.76. The van der Waals surface area contributed by atoms with E-state index in [9.17, 15) is 4.79 Å². The topological polar surface area (TPSA) is 35.5 Å². The van der Waals surface area contributed by atoms with Crippen LogP contribution in [-0.4, -0.2) is 19.2 Å². The predicted octanol–water partition coefficient (Wildman–Crippen LogP) is 5.49. The summed E-state index contributed by atoms with van der Waals surface area (Å²) in [5.74, 6) is 0.289. The number of rotatable bonds is 9. The third-order valence-corrected chi connectivity index (χ3v) is 3.84. The van der Waals surface area contributed by atoms with Crippen LogP contribution in [0.3, 0.4) is 0 Å². The fourth-order valence-corrected chi connectivity index (χ4v) is 2.61. The van der Waals surface area contributed by atoms with Crippen LogP contribution in [0.5, 0.6) is 5.75 Å². The zero-order valence-electron chi connectivity index (χ0n) is 14.6. The molecule has 0 radical (unpaired) electrons. The van der Waals surface area contributed by atoms with Crippen molar-refractivity contribution in [1.29, 1.82) is 0 Å². The number of unbranched alkanes of at least 4 members (excludes halogenated alkanes) is 3. The van der Waals surface area contributed by atoms with Crippen LogP contribution in [0.1, 0.15) is 49.9 Å². The van der Waals surface area contributed by atoms with Gasteiger partial charge in [-0.15, -0.1) is 0 Å². The third kappa shape index (κ3) is 4.85. The van der Waals surface area contributed by atoms with Gasteiger partial charge in [0, 0.05) is 5.56 Å². The summed E-state index contributed by atoms with van der Waals surface area (Å²) in [7, 11) is 0. The number of benzene rings is 2. The summed E-state index contributed by atoms with van der Waals surface area (Å²) in [4.78, 5) is 12.5. The lowest BCUT2D eigenvalue weighted by atomic mass is 10.0. The summed E-state index contributed by atoms with van der Waals surface area (Å²) in [5, 5.41) is 0. The van der Waals surface area contributed by atoms with E-state index in [4.69, 9.17) is 9.47 Å². The molecule has 0 amide bonds. The van der Waals surface area contributed by atoms with Crippen molar-refractivity contribution in [1.82, 2.24) is 0 Å². The molecule has 0 fully saturated rings. The van der Waals surface area contributed by atoms with Crippen molar-refractivity contribution in [3.8, 4) is 16.9 Å². The van der Waals surface area contributed by atoms with Gasteiger partial charge in [0.1, 0.15) is 11.3 Å². The van der Waals surface area contributed by atoms with Crippen molar-refractivity contribution >= 4 is 5.97 Å². The molecule has 128 valence electrons. The highest BCUT2D eigenvalue weighted by Crippen LogP contribution is 2.33. The fraction of sp³-hybridized carbons (Fsp3) is 0.381. The van der Waals surface area contributed by atoms with Gasteiger partial charge in [-0.05, 0) is 25.0 Å². The fourth-order valence-electron chi connectivity index (χ4n) is 2.61. The van der Waals surface area contributed by atoms with Gasteiger partial charge in [-0.3, -0.25) is 0 Å². The van der Waals surface area contributed by atoms with E-state index >= 15 is 0 Å². The van der Waals surface area contributed by atoms with Crippen molar-refractivity contribution < 1.29 is 14.3 Å². The van der Waals surface area contributed by atoms with Crippen molar-refractivity contribution in [3.63, 3.8) is 0 Å². The monoisotopic (exact) mass is 326 g/mol. The number of carbonyl (C=O) groups is 1. The number of hydrogen-bond acceptors (Lipinski definition) is 3. The van der Waals surface area contributed by atoms with Gasteiger partial charge < -0.3 is 9.47 Å². The number of hydrogen-bond donors (Lipinski definition) is 0. The van der Waals surface area contributed by atoms with Crippen molar-refractivity contribution in [2.75, 3.05) is 13.2 Å². The molecule has 0 bridgehead atoms. The molecule has 0 aliphatic rings. The molecule has 0 aromatic heterocycles. The SMILES string of the molecule is CCCCCCOC(=O)c1cccc(-c2ccccc2)c1OCC. The van der Waals surface area contributed by atoms with Crippen LogP contribution in [0.25, 0.3) is 11.1 Å². The normalized spacial score (nSPS) is 10.4. The lowest BCUT2D eigenvalue weighted by Crippen LogP contribution is -2.10. The second-order valence-corrected chi connectivity index (χ2v) is 5.68. The number of para-hydroxylation sites is 1. The second kappa shape index (κ2) is 9.76. The molecule has 0 saturated carbocycles. The molecule has 2 aromatic carbocycles. The lowest BCUT2D eigenvalue weighted by molar-refractivity contribution is 0.0493. The van der Waals surface area contributed by atoms with Gasteiger partial charge in [0.2, 0.25) is 0 Å². The van der Waals surface area contributed by atoms with Crippen LogP contribution in [0, 0.1) is 0 Å². The Morgan fingerprint density at radius 2 is 1.71 bits per heavy atom. The van der Waals surface area contributed by atoms with Gasteiger partial charge in [-0.25, -0.2) is 4.79 Å². The van der Waals surface area contributed by atoms with Gasteiger partial charge >= 0.3 is 5.97 Å². The van der Waals surface area contributed by atoms with Crippen molar-refractivity contribution in [2.24, 2.45) is 0 Å². The minimum absolute atomic E-state index is 0.312. The van der Waals surface area contributed by atoms with Crippen LogP contribution in [-0.2, 0) is 4.74 Å². The quantitative estimate of drug-likeness (QED) is 0.451. The highest BCUT2D eigenvalue weighted by Gasteiger charge is 2.18. The Kier molecular flexibility index (Phi) is 7.34. The first kappa shape index (κ1) is 18.1.